The third-order valence-electron chi connectivity index (χ3n) is 2.06. The van der Waals surface area contributed by atoms with Gasteiger partial charge in [-0.05, 0) is 6.42 Å². The van der Waals surface area contributed by atoms with Crippen molar-refractivity contribution in [2.75, 3.05) is 0 Å². The normalized spacial score (nSPS) is 10.9. The molecule has 5 nitrogen and oxygen atoms in total. The molecule has 2 rings (SSSR count). The summed E-state index contributed by atoms with van der Waals surface area (Å²) < 4.78 is 0. The van der Waals surface area contributed by atoms with Crippen LogP contribution in [0.4, 0.5) is 0 Å². The molecule has 0 saturated heterocycles. The Morgan fingerprint density at radius 3 is 3.07 bits per heavy atom. The Kier molecular flexibility index (Phi) is 2.30. The maximum Gasteiger partial charge on any atom is 0.243 e. The lowest BCUT2D eigenvalue weighted by Crippen LogP contribution is -1.95. The third-order valence-corrected chi connectivity index (χ3v) is 2.06. The molecule has 2 N–H and O–H groups in total. The molecule has 2 aromatic rings. The van der Waals surface area contributed by atoms with Crippen LogP contribution < -0.4 is 0 Å². The lowest BCUT2D eigenvalue weighted by molar-refractivity contribution is 0.454. The van der Waals surface area contributed by atoms with E-state index in [1.807, 2.05) is 0 Å². The van der Waals surface area contributed by atoms with Crippen molar-refractivity contribution in [1.82, 2.24) is 19.9 Å². The van der Waals surface area contributed by atoms with Gasteiger partial charge >= 0.3 is 0 Å². The number of rotatable bonds is 3. The fraction of sp³-hybridized carbons (Fsp3) is 0.444. The lowest BCUT2D eigenvalue weighted by atomic mass is 10.2. The van der Waals surface area contributed by atoms with E-state index in [0.29, 0.717) is 17.0 Å². The van der Waals surface area contributed by atoms with Gasteiger partial charge in [0.15, 0.2) is 11.2 Å². The van der Waals surface area contributed by atoms with Gasteiger partial charge in [0.2, 0.25) is 5.88 Å². The van der Waals surface area contributed by atoms with Gasteiger partial charge in [0.25, 0.3) is 0 Å². The topological polar surface area (TPSA) is 74.7 Å². The molecule has 0 aliphatic heterocycles. The highest BCUT2D eigenvalue weighted by Crippen LogP contribution is 2.17. The zero-order valence-electron chi connectivity index (χ0n) is 7.99. The van der Waals surface area contributed by atoms with E-state index in [9.17, 15) is 5.11 Å². The summed E-state index contributed by atoms with van der Waals surface area (Å²) in [7, 11) is 0. The molecule has 0 amide bonds. The highest BCUT2D eigenvalue weighted by molar-refractivity contribution is 5.74. The van der Waals surface area contributed by atoms with Gasteiger partial charge in [0.05, 0.1) is 6.33 Å². The molecule has 0 saturated carbocycles. The minimum Gasteiger partial charge on any atom is -0.492 e. The largest absolute Gasteiger partial charge is 0.492 e. The van der Waals surface area contributed by atoms with Crippen molar-refractivity contribution in [1.29, 1.82) is 0 Å². The molecule has 0 atom stereocenters. The van der Waals surface area contributed by atoms with Gasteiger partial charge in [0.1, 0.15) is 5.82 Å². The second-order valence-electron chi connectivity index (χ2n) is 3.17. The Bertz CT molecular complexity index is 437. The number of H-pyrrole nitrogens is 1. The number of aromatic hydroxyl groups is 1. The first-order chi connectivity index (χ1) is 6.81. The van der Waals surface area contributed by atoms with E-state index in [0.717, 1.165) is 19.3 Å². The number of nitrogens with one attached hydrogen (secondary N) is 1. The molecule has 2 aromatic heterocycles. The monoisotopic (exact) mass is 192 g/mol. The number of aromatic amines is 1. The summed E-state index contributed by atoms with van der Waals surface area (Å²) in [6, 6.07) is 0. The van der Waals surface area contributed by atoms with Crippen LogP contribution in [0.5, 0.6) is 5.88 Å². The van der Waals surface area contributed by atoms with Gasteiger partial charge in [-0.15, -0.1) is 0 Å². The number of hydrogen-bond donors (Lipinski definition) is 2. The lowest BCUT2D eigenvalue weighted by Gasteiger charge is -1.99. The summed E-state index contributed by atoms with van der Waals surface area (Å²) in [5.41, 5.74) is 1.04. The standard InChI is InChI=1S/C9H12N4O/c1-2-3-4-6-12-8-7(9(14)13-6)10-5-11-8/h5H,2-4H2,1H3,(H2,10,11,12,13,14). The second-order valence-corrected chi connectivity index (χ2v) is 3.17. The number of aromatic nitrogens is 4. The second kappa shape index (κ2) is 3.61. The first-order valence-corrected chi connectivity index (χ1v) is 4.70. The first kappa shape index (κ1) is 8.93. The molecule has 0 bridgehead atoms. The van der Waals surface area contributed by atoms with Gasteiger partial charge in [-0.3, -0.25) is 0 Å². The van der Waals surface area contributed by atoms with Crippen molar-refractivity contribution in [2.24, 2.45) is 0 Å². The Balaban J connectivity index is 2.38. The zero-order chi connectivity index (χ0) is 9.97. The zero-order valence-corrected chi connectivity index (χ0v) is 7.99. The van der Waals surface area contributed by atoms with Crippen molar-refractivity contribution < 1.29 is 5.11 Å². The summed E-state index contributed by atoms with van der Waals surface area (Å²) in [5.74, 6) is 0.628. The van der Waals surface area contributed by atoms with Gasteiger partial charge in [-0.1, -0.05) is 13.3 Å². The fourth-order valence-electron chi connectivity index (χ4n) is 1.31. The van der Waals surface area contributed by atoms with E-state index >= 15 is 0 Å². The predicted octanol–water partition coefficient (Wildman–Crippen LogP) is 1.40. The van der Waals surface area contributed by atoms with Crippen LogP contribution in [0, 0.1) is 0 Å². The molecule has 14 heavy (non-hydrogen) atoms. The fourth-order valence-corrected chi connectivity index (χ4v) is 1.31. The molecule has 2 heterocycles. The Morgan fingerprint density at radius 1 is 1.43 bits per heavy atom. The minimum absolute atomic E-state index is 0.0395. The number of imidazole rings is 1. The Hall–Kier alpha value is -1.65. The number of fused-ring (bicyclic) bond motifs is 1. The van der Waals surface area contributed by atoms with Crippen LogP contribution in [0.1, 0.15) is 25.6 Å². The molecule has 74 valence electrons. The number of unbranched alkanes of at least 4 members (excludes halogenated alkanes) is 1. The van der Waals surface area contributed by atoms with Crippen molar-refractivity contribution in [3.8, 4) is 5.88 Å². The maximum atomic E-state index is 9.51. The first-order valence-electron chi connectivity index (χ1n) is 4.70. The van der Waals surface area contributed by atoms with Gasteiger partial charge in [0, 0.05) is 6.42 Å². The molecule has 0 radical (unpaired) electrons. The van der Waals surface area contributed by atoms with Gasteiger partial charge in [-0.25, -0.2) is 9.97 Å². The number of nitrogens with zero attached hydrogens (tertiary/aromatic N) is 3. The Labute approximate surface area is 81.2 Å². The molecule has 0 fully saturated rings. The highest BCUT2D eigenvalue weighted by Gasteiger charge is 2.07. The predicted molar refractivity (Wildman–Crippen MR) is 52.0 cm³/mol. The maximum absolute atomic E-state index is 9.51. The van der Waals surface area contributed by atoms with E-state index in [1.165, 1.54) is 6.33 Å². The summed E-state index contributed by atoms with van der Waals surface area (Å²) in [6.45, 7) is 2.11. The van der Waals surface area contributed by atoms with Crippen molar-refractivity contribution in [3.63, 3.8) is 0 Å². The summed E-state index contributed by atoms with van der Waals surface area (Å²) in [6.07, 6.45) is 4.41. The van der Waals surface area contributed by atoms with Crippen molar-refractivity contribution >= 4 is 11.2 Å². The van der Waals surface area contributed by atoms with Crippen molar-refractivity contribution in [2.45, 2.75) is 26.2 Å². The summed E-state index contributed by atoms with van der Waals surface area (Å²) in [4.78, 5) is 15.0. The van der Waals surface area contributed by atoms with E-state index < -0.39 is 0 Å². The van der Waals surface area contributed by atoms with Gasteiger partial charge in [-0.2, -0.15) is 4.98 Å². The van der Waals surface area contributed by atoms with E-state index in [1.54, 1.807) is 0 Å². The third kappa shape index (κ3) is 1.53. The van der Waals surface area contributed by atoms with Gasteiger partial charge < -0.3 is 10.1 Å². The van der Waals surface area contributed by atoms with Crippen molar-refractivity contribution in [3.05, 3.63) is 12.2 Å². The molecule has 5 heteroatoms. The Morgan fingerprint density at radius 2 is 2.29 bits per heavy atom. The molecule has 0 spiro atoms. The quantitative estimate of drug-likeness (QED) is 0.770. The van der Waals surface area contributed by atoms with Crippen LogP contribution in [0.3, 0.4) is 0 Å². The number of aryl methyl sites for hydroxylation is 1. The van der Waals surface area contributed by atoms with E-state index in [2.05, 4.69) is 26.9 Å². The van der Waals surface area contributed by atoms with Crippen LogP contribution in [0.2, 0.25) is 0 Å². The SMILES string of the molecule is CCCCc1nc(O)c2nc[nH]c2n1. The molecule has 0 aromatic carbocycles. The van der Waals surface area contributed by atoms with E-state index in [-0.39, 0.29) is 5.88 Å². The van der Waals surface area contributed by atoms with E-state index in [4.69, 9.17) is 0 Å². The van der Waals surface area contributed by atoms with Crippen LogP contribution in [0.15, 0.2) is 6.33 Å². The molecule has 0 unspecified atom stereocenters. The van der Waals surface area contributed by atoms with Crippen LogP contribution in [-0.2, 0) is 6.42 Å². The summed E-state index contributed by atoms with van der Waals surface area (Å²) >= 11 is 0. The van der Waals surface area contributed by atoms with Crippen LogP contribution in [0.25, 0.3) is 11.2 Å². The average molecular weight is 192 g/mol. The average Bonchev–Trinajstić information content (AvgIpc) is 2.63. The molecular weight excluding hydrogens is 180 g/mol. The summed E-state index contributed by atoms with van der Waals surface area (Å²) in [5, 5.41) is 9.51. The highest BCUT2D eigenvalue weighted by atomic mass is 16.3. The minimum atomic E-state index is -0.0395. The smallest absolute Gasteiger partial charge is 0.243 e. The molecular formula is C9H12N4O. The van der Waals surface area contributed by atoms with Crippen LogP contribution >= 0.6 is 0 Å². The van der Waals surface area contributed by atoms with Crippen LogP contribution in [-0.4, -0.2) is 25.0 Å². The molecule has 0 aliphatic carbocycles. The molecule has 0 aliphatic rings. The number of hydrogen-bond acceptors (Lipinski definition) is 4.